The summed E-state index contributed by atoms with van der Waals surface area (Å²) >= 11 is 0. The first kappa shape index (κ1) is 14.6. The van der Waals surface area contributed by atoms with Gasteiger partial charge in [0.05, 0.1) is 5.69 Å². The Hall–Kier alpha value is -1.81. The van der Waals surface area contributed by atoms with Crippen molar-refractivity contribution in [2.24, 2.45) is 12.8 Å². The van der Waals surface area contributed by atoms with E-state index in [0.29, 0.717) is 0 Å². The van der Waals surface area contributed by atoms with Gasteiger partial charge in [-0.3, -0.25) is 0 Å². The van der Waals surface area contributed by atoms with Crippen LogP contribution in [-0.2, 0) is 13.5 Å². The van der Waals surface area contributed by atoms with Crippen LogP contribution in [0.1, 0.15) is 29.3 Å². The first-order valence-electron chi connectivity index (χ1n) is 6.92. The van der Waals surface area contributed by atoms with E-state index in [1.54, 1.807) is 4.68 Å². The average molecular weight is 273 g/mol. The first-order chi connectivity index (χ1) is 9.40. The summed E-state index contributed by atoms with van der Waals surface area (Å²) in [5.41, 5.74) is 10.4. The molecule has 0 fully saturated rings. The highest BCUT2D eigenvalue weighted by Crippen LogP contribution is 2.31. The lowest BCUT2D eigenvalue weighted by Crippen LogP contribution is -2.18. The van der Waals surface area contributed by atoms with Gasteiger partial charge in [0.25, 0.3) is 0 Å². The minimum Gasteiger partial charge on any atom is -0.439 e. The molecule has 0 saturated heterocycles. The summed E-state index contributed by atoms with van der Waals surface area (Å²) in [7, 11) is 1.90. The van der Waals surface area contributed by atoms with Crippen molar-refractivity contribution in [1.29, 1.82) is 0 Å². The number of nitrogens with two attached hydrogens (primary N) is 1. The van der Waals surface area contributed by atoms with Crippen LogP contribution in [0.2, 0.25) is 0 Å². The predicted molar refractivity (Wildman–Crippen MR) is 81.3 cm³/mol. The smallest absolute Gasteiger partial charge is 0.221 e. The van der Waals surface area contributed by atoms with Crippen LogP contribution in [-0.4, -0.2) is 15.8 Å². The Labute approximate surface area is 120 Å². The SMILES string of the molecule is Cc1cccc(Oc2c(CC(C)N)c(C)nn2C)c1C. The molecule has 1 aromatic heterocycles. The minimum atomic E-state index is 0.0823. The molecule has 0 bridgehead atoms. The van der Waals surface area contributed by atoms with Gasteiger partial charge in [-0.1, -0.05) is 12.1 Å². The quantitative estimate of drug-likeness (QED) is 0.931. The Balaban J connectivity index is 2.40. The van der Waals surface area contributed by atoms with Crippen molar-refractivity contribution >= 4 is 0 Å². The van der Waals surface area contributed by atoms with E-state index in [9.17, 15) is 0 Å². The Kier molecular flexibility index (Phi) is 4.14. The molecule has 1 atom stereocenters. The maximum absolute atomic E-state index is 6.12. The molecule has 0 saturated carbocycles. The lowest BCUT2D eigenvalue weighted by Gasteiger charge is -2.13. The van der Waals surface area contributed by atoms with Crippen LogP contribution < -0.4 is 10.5 Å². The molecular formula is C16H23N3O. The third-order valence-electron chi connectivity index (χ3n) is 3.58. The second-order valence-corrected chi connectivity index (χ2v) is 5.47. The molecule has 0 aliphatic heterocycles. The van der Waals surface area contributed by atoms with E-state index in [4.69, 9.17) is 10.5 Å². The number of hydrogen-bond donors (Lipinski definition) is 1. The molecule has 2 aromatic rings. The standard InChI is InChI=1S/C16H23N3O/c1-10-7-6-8-15(12(10)3)20-16-14(9-11(2)17)13(4)18-19(16)5/h6-8,11H,9,17H2,1-5H3. The summed E-state index contributed by atoms with van der Waals surface area (Å²) in [5, 5.41) is 4.45. The maximum Gasteiger partial charge on any atom is 0.221 e. The summed E-state index contributed by atoms with van der Waals surface area (Å²) in [4.78, 5) is 0. The molecule has 108 valence electrons. The minimum absolute atomic E-state index is 0.0823. The van der Waals surface area contributed by atoms with Crippen molar-refractivity contribution in [3.05, 3.63) is 40.6 Å². The van der Waals surface area contributed by atoms with E-state index in [0.717, 1.165) is 34.9 Å². The van der Waals surface area contributed by atoms with Gasteiger partial charge in [-0.15, -0.1) is 0 Å². The van der Waals surface area contributed by atoms with E-state index in [-0.39, 0.29) is 6.04 Å². The zero-order valence-electron chi connectivity index (χ0n) is 12.9. The number of aryl methyl sites for hydroxylation is 3. The third-order valence-corrected chi connectivity index (χ3v) is 3.58. The highest BCUT2D eigenvalue weighted by atomic mass is 16.5. The summed E-state index contributed by atoms with van der Waals surface area (Å²) < 4.78 is 7.91. The summed E-state index contributed by atoms with van der Waals surface area (Å²) in [6.45, 7) is 8.14. The lowest BCUT2D eigenvalue weighted by molar-refractivity contribution is 0.421. The molecule has 2 N–H and O–H groups in total. The van der Waals surface area contributed by atoms with Gasteiger partial charge in [-0.25, -0.2) is 4.68 Å². The molecule has 1 aromatic carbocycles. The zero-order chi connectivity index (χ0) is 14.9. The number of benzene rings is 1. The van der Waals surface area contributed by atoms with E-state index < -0.39 is 0 Å². The molecule has 0 aliphatic carbocycles. The number of hydrogen-bond acceptors (Lipinski definition) is 3. The average Bonchev–Trinajstić information content (AvgIpc) is 2.61. The second-order valence-electron chi connectivity index (χ2n) is 5.47. The van der Waals surface area contributed by atoms with Gasteiger partial charge in [0.15, 0.2) is 0 Å². The highest BCUT2D eigenvalue weighted by Gasteiger charge is 2.17. The molecule has 1 unspecified atom stereocenters. The van der Waals surface area contributed by atoms with E-state index in [1.165, 1.54) is 5.56 Å². The van der Waals surface area contributed by atoms with E-state index in [1.807, 2.05) is 33.0 Å². The molecule has 4 nitrogen and oxygen atoms in total. The number of aromatic nitrogens is 2. The normalized spacial score (nSPS) is 12.5. The number of ether oxygens (including phenoxy) is 1. The first-order valence-corrected chi connectivity index (χ1v) is 6.92. The van der Waals surface area contributed by atoms with Crippen molar-refractivity contribution in [2.45, 2.75) is 40.2 Å². The highest BCUT2D eigenvalue weighted by molar-refractivity contribution is 5.42. The number of rotatable bonds is 4. The van der Waals surface area contributed by atoms with Crippen LogP contribution in [0, 0.1) is 20.8 Å². The van der Waals surface area contributed by atoms with Gasteiger partial charge in [-0.05, 0) is 51.3 Å². The zero-order valence-corrected chi connectivity index (χ0v) is 12.9. The van der Waals surface area contributed by atoms with E-state index >= 15 is 0 Å². The molecule has 4 heteroatoms. The maximum atomic E-state index is 6.12. The van der Waals surface area contributed by atoms with Crippen molar-refractivity contribution in [3.63, 3.8) is 0 Å². The van der Waals surface area contributed by atoms with Crippen molar-refractivity contribution < 1.29 is 4.74 Å². The monoisotopic (exact) mass is 273 g/mol. The van der Waals surface area contributed by atoms with Crippen LogP contribution in [0.5, 0.6) is 11.6 Å². The fraction of sp³-hybridized carbons (Fsp3) is 0.438. The molecule has 20 heavy (non-hydrogen) atoms. The molecule has 1 heterocycles. The Bertz CT molecular complexity index is 614. The summed E-state index contributed by atoms with van der Waals surface area (Å²) in [5.74, 6) is 1.66. The van der Waals surface area contributed by atoms with Crippen LogP contribution in [0.25, 0.3) is 0 Å². The summed E-state index contributed by atoms with van der Waals surface area (Å²) in [6, 6.07) is 6.16. The van der Waals surface area contributed by atoms with Crippen LogP contribution >= 0.6 is 0 Å². The fourth-order valence-corrected chi connectivity index (χ4v) is 2.30. The Morgan fingerprint density at radius 1 is 1.30 bits per heavy atom. The summed E-state index contributed by atoms with van der Waals surface area (Å²) in [6.07, 6.45) is 0.764. The van der Waals surface area contributed by atoms with Crippen molar-refractivity contribution in [3.8, 4) is 11.6 Å². The molecule has 0 aliphatic rings. The van der Waals surface area contributed by atoms with Gasteiger partial charge < -0.3 is 10.5 Å². The molecule has 0 amide bonds. The number of nitrogens with zero attached hydrogens (tertiary/aromatic N) is 2. The van der Waals surface area contributed by atoms with Crippen molar-refractivity contribution in [1.82, 2.24) is 9.78 Å². The van der Waals surface area contributed by atoms with Crippen LogP contribution in [0.3, 0.4) is 0 Å². The molecular weight excluding hydrogens is 250 g/mol. The van der Waals surface area contributed by atoms with Gasteiger partial charge >= 0.3 is 0 Å². The Morgan fingerprint density at radius 2 is 2.00 bits per heavy atom. The van der Waals surface area contributed by atoms with Crippen LogP contribution in [0.15, 0.2) is 18.2 Å². The van der Waals surface area contributed by atoms with Crippen molar-refractivity contribution in [2.75, 3.05) is 0 Å². The molecule has 2 rings (SSSR count). The molecule has 0 radical (unpaired) electrons. The van der Waals surface area contributed by atoms with Gasteiger partial charge in [-0.2, -0.15) is 5.10 Å². The molecule has 0 spiro atoms. The predicted octanol–water partition coefficient (Wildman–Crippen LogP) is 3.03. The Morgan fingerprint density at radius 3 is 2.65 bits per heavy atom. The van der Waals surface area contributed by atoms with Gasteiger partial charge in [0.2, 0.25) is 5.88 Å². The van der Waals surface area contributed by atoms with Gasteiger partial charge in [0, 0.05) is 18.7 Å². The van der Waals surface area contributed by atoms with Gasteiger partial charge in [0.1, 0.15) is 5.75 Å². The lowest BCUT2D eigenvalue weighted by atomic mass is 10.1. The fourth-order valence-electron chi connectivity index (χ4n) is 2.30. The second kappa shape index (κ2) is 5.67. The van der Waals surface area contributed by atoms with E-state index in [2.05, 4.69) is 25.0 Å². The third kappa shape index (κ3) is 2.85. The largest absolute Gasteiger partial charge is 0.439 e. The van der Waals surface area contributed by atoms with Crippen LogP contribution in [0.4, 0.5) is 0 Å². The topological polar surface area (TPSA) is 53.1 Å².